The molecule has 0 fully saturated rings. The van der Waals surface area contributed by atoms with E-state index in [0.29, 0.717) is 13.1 Å². The molecule has 1 aromatic rings. The van der Waals surface area contributed by atoms with Gasteiger partial charge in [0.05, 0.1) is 12.2 Å². The number of aromatic nitrogens is 2. The Morgan fingerprint density at radius 3 is 3.14 bits per heavy atom. The second-order valence-corrected chi connectivity index (χ2v) is 2.79. The van der Waals surface area contributed by atoms with Crippen LogP contribution in [0.4, 0.5) is 0 Å². The number of nitrogens with two attached hydrogens (primary N) is 1. The largest absolute Gasteiger partial charge is 0.409 e. The van der Waals surface area contributed by atoms with Crippen LogP contribution in [0.5, 0.6) is 0 Å². The molecule has 6 nitrogen and oxygen atoms in total. The summed E-state index contributed by atoms with van der Waals surface area (Å²) < 4.78 is 0. The third kappa shape index (κ3) is 3.36. The molecule has 6 heteroatoms. The van der Waals surface area contributed by atoms with Crippen LogP contribution in [0.15, 0.2) is 17.4 Å². The average molecular weight is 195 g/mol. The van der Waals surface area contributed by atoms with Crippen molar-refractivity contribution >= 4 is 5.84 Å². The Kier molecular flexibility index (Phi) is 3.81. The Morgan fingerprint density at radius 1 is 1.71 bits per heavy atom. The van der Waals surface area contributed by atoms with Crippen molar-refractivity contribution in [3.63, 3.8) is 0 Å². The van der Waals surface area contributed by atoms with Crippen LogP contribution in [-0.4, -0.2) is 27.6 Å². The lowest BCUT2D eigenvalue weighted by Gasteiger charge is -2.02. The van der Waals surface area contributed by atoms with E-state index in [4.69, 9.17) is 10.9 Å². The summed E-state index contributed by atoms with van der Waals surface area (Å²) in [5.41, 5.74) is 6.15. The number of hydrogen-bond donors (Lipinski definition) is 3. The van der Waals surface area contributed by atoms with Crippen LogP contribution >= 0.6 is 0 Å². The van der Waals surface area contributed by atoms with E-state index in [0.717, 1.165) is 11.5 Å². The molecule has 0 amide bonds. The molecule has 0 unspecified atom stereocenters. The SMILES string of the molecule is Cc1nccc(CNCC(N)=NO)n1. The molecule has 1 rings (SSSR count). The topological polar surface area (TPSA) is 96.4 Å². The van der Waals surface area contributed by atoms with Gasteiger partial charge in [0.25, 0.3) is 0 Å². The highest BCUT2D eigenvalue weighted by molar-refractivity contribution is 5.81. The third-order valence-corrected chi connectivity index (χ3v) is 1.57. The van der Waals surface area contributed by atoms with Gasteiger partial charge in [-0.1, -0.05) is 5.16 Å². The van der Waals surface area contributed by atoms with E-state index >= 15 is 0 Å². The molecule has 0 aliphatic carbocycles. The normalized spacial score (nSPS) is 11.6. The summed E-state index contributed by atoms with van der Waals surface area (Å²) in [4.78, 5) is 8.15. The lowest BCUT2D eigenvalue weighted by Crippen LogP contribution is -2.28. The Bertz CT molecular complexity index is 325. The van der Waals surface area contributed by atoms with E-state index in [-0.39, 0.29) is 5.84 Å². The summed E-state index contributed by atoms with van der Waals surface area (Å²) >= 11 is 0. The van der Waals surface area contributed by atoms with Crippen LogP contribution in [-0.2, 0) is 6.54 Å². The maximum absolute atomic E-state index is 8.27. The lowest BCUT2D eigenvalue weighted by atomic mass is 10.4. The molecule has 0 atom stereocenters. The second kappa shape index (κ2) is 5.13. The van der Waals surface area contributed by atoms with Crippen LogP contribution in [0.3, 0.4) is 0 Å². The first-order valence-corrected chi connectivity index (χ1v) is 4.18. The molecule has 0 aliphatic heterocycles. The maximum Gasteiger partial charge on any atom is 0.153 e. The molecule has 0 radical (unpaired) electrons. The van der Waals surface area contributed by atoms with E-state index < -0.39 is 0 Å². The zero-order valence-corrected chi connectivity index (χ0v) is 7.94. The van der Waals surface area contributed by atoms with Crippen LogP contribution in [0.1, 0.15) is 11.5 Å². The third-order valence-electron chi connectivity index (χ3n) is 1.57. The summed E-state index contributed by atoms with van der Waals surface area (Å²) in [6, 6.07) is 1.81. The molecular weight excluding hydrogens is 182 g/mol. The molecule has 0 aromatic carbocycles. The van der Waals surface area contributed by atoms with Gasteiger partial charge in [0.2, 0.25) is 0 Å². The van der Waals surface area contributed by atoms with Crippen molar-refractivity contribution in [2.75, 3.05) is 6.54 Å². The molecule has 14 heavy (non-hydrogen) atoms. The van der Waals surface area contributed by atoms with Gasteiger partial charge < -0.3 is 16.3 Å². The highest BCUT2D eigenvalue weighted by Gasteiger charge is 1.96. The fourth-order valence-corrected chi connectivity index (χ4v) is 0.958. The zero-order chi connectivity index (χ0) is 10.4. The van der Waals surface area contributed by atoms with E-state index in [2.05, 4.69) is 20.4 Å². The minimum atomic E-state index is 0.149. The van der Waals surface area contributed by atoms with Gasteiger partial charge in [0, 0.05) is 12.7 Å². The van der Waals surface area contributed by atoms with Gasteiger partial charge in [-0.05, 0) is 13.0 Å². The number of rotatable bonds is 4. The summed E-state index contributed by atoms with van der Waals surface area (Å²) in [5, 5.41) is 14.1. The van der Waals surface area contributed by atoms with Gasteiger partial charge in [-0.15, -0.1) is 0 Å². The smallest absolute Gasteiger partial charge is 0.153 e. The van der Waals surface area contributed by atoms with E-state index in [9.17, 15) is 0 Å². The molecule has 76 valence electrons. The zero-order valence-electron chi connectivity index (χ0n) is 7.94. The maximum atomic E-state index is 8.27. The van der Waals surface area contributed by atoms with Crippen LogP contribution in [0, 0.1) is 6.92 Å². The summed E-state index contributed by atoms with van der Waals surface area (Å²) in [7, 11) is 0. The Hall–Kier alpha value is -1.69. The average Bonchev–Trinajstić information content (AvgIpc) is 2.17. The lowest BCUT2D eigenvalue weighted by molar-refractivity contribution is 0.317. The van der Waals surface area contributed by atoms with Crippen molar-refractivity contribution in [2.24, 2.45) is 10.9 Å². The minimum absolute atomic E-state index is 0.149. The highest BCUT2D eigenvalue weighted by atomic mass is 16.4. The number of nitrogens with one attached hydrogen (secondary N) is 1. The molecule has 4 N–H and O–H groups in total. The molecular formula is C8H13N5O. The highest BCUT2D eigenvalue weighted by Crippen LogP contribution is 1.93. The van der Waals surface area contributed by atoms with Gasteiger partial charge >= 0.3 is 0 Å². The van der Waals surface area contributed by atoms with Gasteiger partial charge in [-0.3, -0.25) is 0 Å². The number of aryl methyl sites for hydroxylation is 1. The molecule has 0 saturated heterocycles. The minimum Gasteiger partial charge on any atom is -0.409 e. The first kappa shape index (κ1) is 10.4. The molecule has 0 aliphatic rings. The van der Waals surface area contributed by atoms with E-state index in [1.54, 1.807) is 6.20 Å². The first-order valence-electron chi connectivity index (χ1n) is 4.18. The van der Waals surface area contributed by atoms with E-state index in [1.807, 2.05) is 13.0 Å². The predicted molar refractivity (Wildman–Crippen MR) is 51.9 cm³/mol. The first-order chi connectivity index (χ1) is 6.72. The molecule has 1 aromatic heterocycles. The van der Waals surface area contributed by atoms with Crippen molar-refractivity contribution in [3.8, 4) is 0 Å². The van der Waals surface area contributed by atoms with Gasteiger partial charge in [0.1, 0.15) is 5.82 Å². The number of hydrogen-bond acceptors (Lipinski definition) is 5. The quantitative estimate of drug-likeness (QED) is 0.263. The fourth-order valence-electron chi connectivity index (χ4n) is 0.958. The van der Waals surface area contributed by atoms with Crippen molar-refractivity contribution in [2.45, 2.75) is 13.5 Å². The Labute approximate surface area is 81.9 Å². The second-order valence-electron chi connectivity index (χ2n) is 2.79. The van der Waals surface area contributed by atoms with Crippen molar-refractivity contribution in [1.82, 2.24) is 15.3 Å². The van der Waals surface area contributed by atoms with Crippen LogP contribution < -0.4 is 11.1 Å². The Balaban J connectivity index is 2.39. The van der Waals surface area contributed by atoms with Crippen LogP contribution in [0.25, 0.3) is 0 Å². The van der Waals surface area contributed by atoms with Crippen molar-refractivity contribution in [1.29, 1.82) is 0 Å². The predicted octanol–water partition coefficient (Wildman–Crippen LogP) is -0.379. The number of oxime groups is 1. The Morgan fingerprint density at radius 2 is 2.50 bits per heavy atom. The number of amidine groups is 1. The van der Waals surface area contributed by atoms with Crippen LogP contribution in [0.2, 0.25) is 0 Å². The standard InChI is InChI=1S/C8H13N5O/c1-6-11-3-2-7(12-6)4-10-5-8(9)13-14/h2-3,10,14H,4-5H2,1H3,(H2,9,13). The summed E-state index contributed by atoms with van der Waals surface area (Å²) in [5.74, 6) is 0.879. The van der Waals surface area contributed by atoms with Gasteiger partial charge in [0.15, 0.2) is 5.84 Å². The van der Waals surface area contributed by atoms with Crippen molar-refractivity contribution < 1.29 is 5.21 Å². The monoisotopic (exact) mass is 195 g/mol. The fraction of sp³-hybridized carbons (Fsp3) is 0.375. The van der Waals surface area contributed by atoms with Gasteiger partial charge in [-0.2, -0.15) is 0 Å². The summed E-state index contributed by atoms with van der Waals surface area (Å²) in [6.07, 6.45) is 1.70. The molecule has 1 heterocycles. The molecule has 0 saturated carbocycles. The van der Waals surface area contributed by atoms with Crippen molar-refractivity contribution in [3.05, 3.63) is 23.8 Å². The molecule has 0 spiro atoms. The van der Waals surface area contributed by atoms with Gasteiger partial charge in [-0.25, -0.2) is 9.97 Å². The molecule has 0 bridgehead atoms. The number of nitrogens with zero attached hydrogens (tertiary/aromatic N) is 3. The summed E-state index contributed by atoms with van der Waals surface area (Å²) in [6.45, 7) is 2.73. The van der Waals surface area contributed by atoms with E-state index in [1.165, 1.54) is 0 Å².